The molecule has 0 aliphatic rings. The maximum absolute atomic E-state index is 2.43. The third-order valence-corrected chi connectivity index (χ3v) is 15.0. The minimum atomic E-state index is 1.10. The molecular formula is C68H45NS. The number of hydrogen-bond donors (Lipinski definition) is 0. The zero-order chi connectivity index (χ0) is 46.4. The predicted octanol–water partition coefficient (Wildman–Crippen LogP) is 19.8. The van der Waals surface area contributed by atoms with Crippen LogP contribution in [0.1, 0.15) is 0 Å². The number of anilines is 3. The third kappa shape index (κ3) is 7.34. The Balaban J connectivity index is 0.984. The van der Waals surface area contributed by atoms with Gasteiger partial charge in [-0.1, -0.05) is 224 Å². The van der Waals surface area contributed by atoms with Gasteiger partial charge in [-0.05, 0) is 137 Å². The van der Waals surface area contributed by atoms with Crippen LogP contribution in [-0.4, -0.2) is 0 Å². The van der Waals surface area contributed by atoms with Crippen molar-refractivity contribution in [3.63, 3.8) is 0 Å². The second-order valence-corrected chi connectivity index (χ2v) is 19.0. The van der Waals surface area contributed by atoms with Gasteiger partial charge in [0.05, 0.1) is 0 Å². The van der Waals surface area contributed by atoms with E-state index in [2.05, 4.69) is 278 Å². The lowest BCUT2D eigenvalue weighted by Crippen LogP contribution is -2.09. The fraction of sp³-hybridized carbons (Fsp3) is 0. The molecule has 13 aromatic rings. The predicted molar refractivity (Wildman–Crippen MR) is 302 cm³/mol. The summed E-state index contributed by atoms with van der Waals surface area (Å²) in [5.74, 6) is 0. The lowest BCUT2D eigenvalue weighted by atomic mass is 9.78. The molecule has 0 atom stereocenters. The van der Waals surface area contributed by atoms with Crippen LogP contribution in [0.4, 0.5) is 17.1 Å². The van der Waals surface area contributed by atoms with E-state index >= 15 is 0 Å². The number of nitrogens with zero attached hydrogens (tertiary/aromatic N) is 1. The van der Waals surface area contributed by atoms with Gasteiger partial charge in [0.2, 0.25) is 0 Å². The molecule has 0 saturated heterocycles. The number of hydrogen-bond acceptors (Lipinski definition) is 2. The molecule has 1 aromatic heterocycles. The Labute approximate surface area is 412 Å². The number of rotatable bonds is 9. The van der Waals surface area contributed by atoms with E-state index < -0.39 is 0 Å². The topological polar surface area (TPSA) is 3.24 Å². The van der Waals surface area contributed by atoms with Crippen LogP contribution < -0.4 is 4.90 Å². The van der Waals surface area contributed by atoms with Gasteiger partial charge in [-0.15, -0.1) is 11.3 Å². The molecule has 12 aromatic carbocycles. The molecule has 2 heteroatoms. The highest BCUT2D eigenvalue weighted by Gasteiger charge is 2.25. The van der Waals surface area contributed by atoms with Crippen molar-refractivity contribution in [3.8, 4) is 66.8 Å². The normalized spacial score (nSPS) is 11.4. The maximum Gasteiger partial charge on any atom is 0.0476 e. The molecule has 328 valence electrons. The summed E-state index contributed by atoms with van der Waals surface area (Å²) in [7, 11) is 0. The third-order valence-electron chi connectivity index (χ3n) is 13.9. The highest BCUT2D eigenvalue weighted by atomic mass is 32.1. The van der Waals surface area contributed by atoms with Crippen LogP contribution in [0.3, 0.4) is 0 Å². The fourth-order valence-electron chi connectivity index (χ4n) is 10.6. The molecule has 0 saturated carbocycles. The van der Waals surface area contributed by atoms with Gasteiger partial charge in [-0.3, -0.25) is 0 Å². The summed E-state index contributed by atoms with van der Waals surface area (Å²) in [6.07, 6.45) is 0. The van der Waals surface area contributed by atoms with E-state index in [-0.39, 0.29) is 0 Å². The summed E-state index contributed by atoms with van der Waals surface area (Å²) in [5, 5.41) is 7.54. The van der Waals surface area contributed by atoms with E-state index in [9.17, 15) is 0 Å². The van der Waals surface area contributed by atoms with Crippen molar-refractivity contribution in [2.45, 2.75) is 0 Å². The smallest absolute Gasteiger partial charge is 0.0476 e. The first-order chi connectivity index (χ1) is 34.7. The van der Waals surface area contributed by atoms with Gasteiger partial charge in [-0.25, -0.2) is 0 Å². The van der Waals surface area contributed by atoms with E-state index in [1.165, 1.54) is 103 Å². The molecule has 0 fully saturated rings. The largest absolute Gasteiger partial charge is 0.310 e. The van der Waals surface area contributed by atoms with E-state index in [0.29, 0.717) is 0 Å². The molecule has 0 spiro atoms. The van der Waals surface area contributed by atoms with Crippen molar-refractivity contribution in [1.29, 1.82) is 0 Å². The highest BCUT2D eigenvalue weighted by Crippen LogP contribution is 2.52. The van der Waals surface area contributed by atoms with Crippen LogP contribution >= 0.6 is 11.3 Å². The standard InChI is InChI=1S/C68H45NS/c1-5-19-49(20-6-1)65-61-42-36-53(44-62(61)66(50-21-7-2-8-22-50)68(52-25-11-4-12-26-52)67(65)51-23-9-3-10-24-51)46-32-37-54(38-33-46)69(56-41-43-60-59-29-15-16-31-63(59)70-64(60)45-56)55-39-34-48(35-40-55)58-30-17-27-47-18-13-14-28-57(47)58/h1-45H. The average molecular weight is 908 g/mol. The lowest BCUT2D eigenvalue weighted by Gasteiger charge is -2.26. The molecule has 0 radical (unpaired) electrons. The monoisotopic (exact) mass is 907 g/mol. The summed E-state index contributed by atoms with van der Waals surface area (Å²) in [6.45, 7) is 0. The van der Waals surface area contributed by atoms with Gasteiger partial charge in [0.25, 0.3) is 0 Å². The molecule has 0 amide bonds. The van der Waals surface area contributed by atoms with Crippen LogP contribution in [0, 0.1) is 0 Å². The van der Waals surface area contributed by atoms with E-state index in [0.717, 1.165) is 22.6 Å². The maximum atomic E-state index is 2.43. The van der Waals surface area contributed by atoms with E-state index in [1.54, 1.807) is 0 Å². The van der Waals surface area contributed by atoms with Crippen LogP contribution in [0.5, 0.6) is 0 Å². The molecule has 0 aliphatic heterocycles. The number of thiophene rings is 1. The fourth-order valence-corrected chi connectivity index (χ4v) is 11.8. The second kappa shape index (κ2) is 17.7. The molecule has 0 unspecified atom stereocenters. The summed E-state index contributed by atoms with van der Waals surface area (Å²) < 4.78 is 2.58. The van der Waals surface area contributed by atoms with Crippen LogP contribution in [0.15, 0.2) is 273 Å². The summed E-state index contributed by atoms with van der Waals surface area (Å²) in [4.78, 5) is 2.40. The first-order valence-corrected chi connectivity index (χ1v) is 24.8. The summed E-state index contributed by atoms with van der Waals surface area (Å²) in [6, 6.07) is 100. The van der Waals surface area contributed by atoms with E-state index in [4.69, 9.17) is 0 Å². The van der Waals surface area contributed by atoms with Gasteiger partial charge in [0.15, 0.2) is 0 Å². The average Bonchev–Trinajstić information content (AvgIpc) is 3.81. The van der Waals surface area contributed by atoms with Gasteiger partial charge < -0.3 is 4.90 Å². The second-order valence-electron chi connectivity index (χ2n) is 18.0. The Morgan fingerprint density at radius 2 is 0.671 bits per heavy atom. The first-order valence-electron chi connectivity index (χ1n) is 24.0. The zero-order valence-electron chi connectivity index (χ0n) is 38.3. The molecular weight excluding hydrogens is 863 g/mol. The Morgan fingerprint density at radius 1 is 0.229 bits per heavy atom. The van der Waals surface area contributed by atoms with E-state index in [1.807, 2.05) is 11.3 Å². The quantitative estimate of drug-likeness (QED) is 0.139. The van der Waals surface area contributed by atoms with Crippen molar-refractivity contribution >= 4 is 70.1 Å². The Kier molecular flexibility index (Phi) is 10.5. The molecule has 0 N–H and O–H groups in total. The lowest BCUT2D eigenvalue weighted by molar-refractivity contribution is 1.29. The van der Waals surface area contributed by atoms with Crippen molar-refractivity contribution in [3.05, 3.63) is 273 Å². The number of benzene rings is 12. The minimum Gasteiger partial charge on any atom is -0.310 e. The zero-order valence-corrected chi connectivity index (χ0v) is 39.2. The SMILES string of the molecule is c1ccc(-c2c(-c3ccccc3)c(-c3ccccc3)c3cc(-c4ccc(N(c5ccc(-c6cccc7ccccc67)cc5)c5ccc6c(c5)sc5ccccc56)cc4)ccc3c2-c2ccccc2)cc1. The van der Waals surface area contributed by atoms with Crippen molar-refractivity contribution in [2.24, 2.45) is 0 Å². The van der Waals surface area contributed by atoms with Crippen LogP contribution in [0.2, 0.25) is 0 Å². The minimum absolute atomic E-state index is 1.10. The van der Waals surface area contributed by atoms with Gasteiger partial charge in [0.1, 0.15) is 0 Å². The van der Waals surface area contributed by atoms with Crippen molar-refractivity contribution in [2.75, 3.05) is 4.90 Å². The Hall–Kier alpha value is -8.82. The molecule has 13 rings (SSSR count). The van der Waals surface area contributed by atoms with Crippen LogP contribution in [0.25, 0.3) is 108 Å². The summed E-state index contributed by atoms with van der Waals surface area (Å²) in [5.41, 5.74) is 17.8. The Morgan fingerprint density at radius 3 is 1.29 bits per heavy atom. The van der Waals surface area contributed by atoms with Gasteiger partial charge >= 0.3 is 0 Å². The summed E-state index contributed by atoms with van der Waals surface area (Å²) >= 11 is 1.86. The molecule has 70 heavy (non-hydrogen) atoms. The number of fused-ring (bicyclic) bond motifs is 5. The Bertz CT molecular complexity index is 4000. The molecule has 0 bridgehead atoms. The van der Waals surface area contributed by atoms with Crippen molar-refractivity contribution < 1.29 is 0 Å². The van der Waals surface area contributed by atoms with Crippen LogP contribution in [-0.2, 0) is 0 Å². The first kappa shape index (κ1) is 41.4. The van der Waals surface area contributed by atoms with Crippen molar-refractivity contribution in [1.82, 2.24) is 0 Å². The molecule has 1 heterocycles. The molecule has 0 aliphatic carbocycles. The molecule has 1 nitrogen and oxygen atoms in total. The van der Waals surface area contributed by atoms with Gasteiger partial charge in [-0.2, -0.15) is 0 Å². The van der Waals surface area contributed by atoms with Gasteiger partial charge in [0, 0.05) is 37.2 Å². The highest BCUT2D eigenvalue weighted by molar-refractivity contribution is 7.25.